The third-order valence-corrected chi connectivity index (χ3v) is 3.85. The summed E-state index contributed by atoms with van der Waals surface area (Å²) in [7, 11) is 1.67. The molecule has 2 heterocycles. The molecule has 0 amide bonds. The van der Waals surface area contributed by atoms with Crippen LogP contribution in [-0.2, 0) is 10.3 Å². The number of ether oxygens (including phenoxy) is 1. The van der Waals surface area contributed by atoms with Crippen LogP contribution in [-0.4, -0.2) is 41.4 Å². The Morgan fingerprint density at radius 1 is 1.50 bits per heavy atom. The number of nitrogens with zero attached hydrogens (tertiary/aromatic N) is 3. The third-order valence-electron chi connectivity index (χ3n) is 3.85. The first kappa shape index (κ1) is 13.3. The van der Waals surface area contributed by atoms with Gasteiger partial charge in [0.2, 0.25) is 5.95 Å². The molecule has 0 bridgehead atoms. The average Bonchev–Trinajstić information content (AvgIpc) is 2.83. The zero-order valence-corrected chi connectivity index (χ0v) is 11.6. The molecule has 0 radical (unpaired) electrons. The molecule has 102 valence electrons. The zero-order chi connectivity index (χ0) is 13.3. The summed E-state index contributed by atoms with van der Waals surface area (Å²) in [5, 5.41) is 7.22. The fourth-order valence-electron chi connectivity index (χ4n) is 2.04. The molecule has 0 saturated carbocycles. The molecule has 2 atom stereocenters. The maximum absolute atomic E-state index is 6.09. The summed E-state index contributed by atoms with van der Waals surface area (Å²) >= 11 is 0. The van der Waals surface area contributed by atoms with Crippen LogP contribution in [0.25, 0.3) is 0 Å². The topological polar surface area (TPSA) is 80.1 Å². The molecule has 6 heteroatoms. The molecular weight excluding hydrogens is 230 g/mol. The van der Waals surface area contributed by atoms with Crippen LogP contribution in [0.5, 0.6) is 0 Å². The Morgan fingerprint density at radius 2 is 2.22 bits per heavy atom. The van der Waals surface area contributed by atoms with Gasteiger partial charge in [-0.3, -0.25) is 5.10 Å². The maximum atomic E-state index is 6.09. The maximum Gasteiger partial charge on any atom is 0.244 e. The fourth-order valence-corrected chi connectivity index (χ4v) is 2.04. The van der Waals surface area contributed by atoms with Crippen molar-refractivity contribution in [1.82, 2.24) is 15.2 Å². The van der Waals surface area contributed by atoms with Gasteiger partial charge >= 0.3 is 0 Å². The Kier molecular flexibility index (Phi) is 3.59. The standard InChI is InChI=1S/C12H23N5O/c1-8-5-6-17(7-9(8)13)11-14-10(15-16-11)12(2,3)18-4/h8-9H,5-7,13H2,1-4H3,(H,14,15,16). The van der Waals surface area contributed by atoms with Gasteiger partial charge in [-0.05, 0) is 26.2 Å². The van der Waals surface area contributed by atoms with Crippen LogP contribution >= 0.6 is 0 Å². The number of piperidine rings is 1. The van der Waals surface area contributed by atoms with Gasteiger partial charge in [0.05, 0.1) is 0 Å². The van der Waals surface area contributed by atoms with Gasteiger partial charge in [-0.25, -0.2) is 0 Å². The van der Waals surface area contributed by atoms with E-state index >= 15 is 0 Å². The van der Waals surface area contributed by atoms with Crippen molar-refractivity contribution in [2.75, 3.05) is 25.1 Å². The monoisotopic (exact) mass is 253 g/mol. The van der Waals surface area contributed by atoms with Crippen molar-refractivity contribution in [3.8, 4) is 0 Å². The Hall–Kier alpha value is -1.14. The Morgan fingerprint density at radius 3 is 2.83 bits per heavy atom. The number of methoxy groups -OCH3 is 1. The summed E-state index contributed by atoms with van der Waals surface area (Å²) in [5.74, 6) is 2.03. The first-order valence-electron chi connectivity index (χ1n) is 6.42. The van der Waals surface area contributed by atoms with Gasteiger partial charge in [0.1, 0.15) is 5.60 Å². The number of aromatic amines is 1. The fraction of sp³-hybridized carbons (Fsp3) is 0.833. The van der Waals surface area contributed by atoms with Crippen molar-refractivity contribution in [3.05, 3.63) is 5.82 Å². The quantitative estimate of drug-likeness (QED) is 0.835. The van der Waals surface area contributed by atoms with Crippen LogP contribution in [0.15, 0.2) is 0 Å². The molecule has 2 unspecified atom stereocenters. The van der Waals surface area contributed by atoms with Crippen LogP contribution in [0.3, 0.4) is 0 Å². The lowest BCUT2D eigenvalue weighted by molar-refractivity contribution is 0.0118. The minimum atomic E-state index is -0.448. The first-order valence-corrected chi connectivity index (χ1v) is 6.42. The number of anilines is 1. The molecule has 18 heavy (non-hydrogen) atoms. The Balaban J connectivity index is 2.11. The summed E-state index contributed by atoms with van der Waals surface area (Å²) in [5.41, 5.74) is 5.64. The third kappa shape index (κ3) is 2.49. The lowest BCUT2D eigenvalue weighted by Crippen LogP contribution is -2.48. The molecule has 1 saturated heterocycles. The van der Waals surface area contributed by atoms with Crippen molar-refractivity contribution in [3.63, 3.8) is 0 Å². The molecule has 1 fully saturated rings. The molecule has 2 rings (SSSR count). The van der Waals surface area contributed by atoms with E-state index in [-0.39, 0.29) is 6.04 Å². The van der Waals surface area contributed by atoms with E-state index in [1.807, 2.05) is 13.8 Å². The van der Waals surface area contributed by atoms with Crippen molar-refractivity contribution < 1.29 is 4.74 Å². The van der Waals surface area contributed by atoms with Gasteiger partial charge in [-0.15, -0.1) is 5.10 Å². The number of nitrogens with two attached hydrogens (primary N) is 1. The minimum absolute atomic E-state index is 0.191. The summed E-state index contributed by atoms with van der Waals surface area (Å²) in [6.07, 6.45) is 1.08. The second kappa shape index (κ2) is 4.85. The van der Waals surface area contributed by atoms with Gasteiger partial charge in [0.15, 0.2) is 5.82 Å². The molecule has 1 aromatic rings. The van der Waals surface area contributed by atoms with Gasteiger partial charge in [0.25, 0.3) is 0 Å². The highest BCUT2D eigenvalue weighted by Crippen LogP contribution is 2.24. The number of nitrogens with one attached hydrogen (secondary N) is 1. The molecule has 1 aromatic heterocycles. The van der Waals surface area contributed by atoms with Crippen LogP contribution in [0.2, 0.25) is 0 Å². The summed E-state index contributed by atoms with van der Waals surface area (Å²) < 4.78 is 5.39. The molecule has 1 aliphatic rings. The van der Waals surface area contributed by atoms with Crippen molar-refractivity contribution in [1.29, 1.82) is 0 Å². The highest BCUT2D eigenvalue weighted by molar-refractivity contribution is 5.31. The summed E-state index contributed by atoms with van der Waals surface area (Å²) in [4.78, 5) is 6.65. The molecule has 0 aromatic carbocycles. The van der Waals surface area contributed by atoms with E-state index in [0.717, 1.165) is 31.3 Å². The number of hydrogen-bond donors (Lipinski definition) is 2. The van der Waals surface area contributed by atoms with Crippen molar-refractivity contribution in [2.24, 2.45) is 11.7 Å². The predicted octanol–water partition coefficient (Wildman–Crippen LogP) is 0.860. The van der Waals surface area contributed by atoms with E-state index in [2.05, 4.69) is 27.0 Å². The van der Waals surface area contributed by atoms with E-state index in [0.29, 0.717) is 5.92 Å². The minimum Gasteiger partial charge on any atom is -0.371 e. The largest absolute Gasteiger partial charge is 0.371 e. The van der Waals surface area contributed by atoms with Crippen molar-refractivity contribution in [2.45, 2.75) is 38.8 Å². The Labute approximate surface area is 108 Å². The molecular formula is C12H23N5O. The lowest BCUT2D eigenvalue weighted by Gasteiger charge is -2.34. The SMILES string of the molecule is COC(C)(C)c1nc(N2CCC(C)C(N)C2)n[nH]1. The van der Waals surface area contributed by atoms with Crippen LogP contribution in [0, 0.1) is 5.92 Å². The number of aromatic nitrogens is 3. The van der Waals surface area contributed by atoms with Gasteiger partial charge in [0, 0.05) is 26.2 Å². The van der Waals surface area contributed by atoms with E-state index < -0.39 is 5.60 Å². The molecule has 0 aliphatic carbocycles. The van der Waals surface area contributed by atoms with Gasteiger partial charge in [-0.2, -0.15) is 4.98 Å². The van der Waals surface area contributed by atoms with E-state index in [1.165, 1.54) is 0 Å². The Bertz CT molecular complexity index is 403. The van der Waals surface area contributed by atoms with E-state index in [9.17, 15) is 0 Å². The highest BCUT2D eigenvalue weighted by Gasteiger charge is 2.28. The first-order chi connectivity index (χ1) is 8.44. The second-order valence-electron chi connectivity index (χ2n) is 5.57. The zero-order valence-electron chi connectivity index (χ0n) is 11.6. The molecule has 3 N–H and O–H groups in total. The number of H-pyrrole nitrogens is 1. The van der Waals surface area contributed by atoms with Crippen LogP contribution in [0.4, 0.5) is 5.95 Å². The summed E-state index contributed by atoms with van der Waals surface area (Å²) in [6, 6.07) is 0.191. The highest BCUT2D eigenvalue weighted by atomic mass is 16.5. The van der Waals surface area contributed by atoms with Crippen molar-refractivity contribution >= 4 is 5.95 Å². The second-order valence-corrected chi connectivity index (χ2v) is 5.57. The number of rotatable bonds is 3. The molecule has 0 spiro atoms. The average molecular weight is 253 g/mol. The normalized spacial score (nSPS) is 25.5. The number of hydrogen-bond acceptors (Lipinski definition) is 5. The van der Waals surface area contributed by atoms with E-state index in [4.69, 9.17) is 10.5 Å². The van der Waals surface area contributed by atoms with Crippen LogP contribution in [0.1, 0.15) is 33.0 Å². The van der Waals surface area contributed by atoms with Gasteiger partial charge in [-0.1, -0.05) is 6.92 Å². The molecule has 6 nitrogen and oxygen atoms in total. The predicted molar refractivity (Wildman–Crippen MR) is 70.4 cm³/mol. The van der Waals surface area contributed by atoms with E-state index in [1.54, 1.807) is 7.11 Å². The molecule has 1 aliphatic heterocycles. The smallest absolute Gasteiger partial charge is 0.244 e. The van der Waals surface area contributed by atoms with Gasteiger partial charge < -0.3 is 15.4 Å². The van der Waals surface area contributed by atoms with Crippen LogP contribution < -0.4 is 10.6 Å². The summed E-state index contributed by atoms with van der Waals surface area (Å²) in [6.45, 7) is 7.88. The lowest BCUT2D eigenvalue weighted by atomic mass is 9.95.